The van der Waals surface area contributed by atoms with Crippen LogP contribution in [0.5, 0.6) is 5.75 Å². The fraction of sp³-hybridized carbons (Fsp3) is 0.103. The monoisotopic (exact) mass is 533 g/mol. The fourth-order valence-electron chi connectivity index (χ4n) is 3.27. The van der Waals surface area contributed by atoms with E-state index in [1.165, 1.54) is 23.6 Å². The molecule has 0 amide bonds. The van der Waals surface area contributed by atoms with Gasteiger partial charge in [0, 0.05) is 17.8 Å². The number of nitrogens with two attached hydrogens (primary N) is 1. The third-order valence-electron chi connectivity index (χ3n) is 5.20. The van der Waals surface area contributed by atoms with Crippen LogP contribution in [0.25, 0.3) is 10.8 Å². The number of carboxylic acids is 4. The predicted molar refractivity (Wildman–Crippen MR) is 143 cm³/mol. The first kappa shape index (κ1) is 30.0. The van der Waals surface area contributed by atoms with Crippen molar-refractivity contribution >= 4 is 34.6 Å². The Kier molecular flexibility index (Phi) is 11.6. The lowest BCUT2D eigenvalue weighted by atomic mass is 10.1. The highest BCUT2D eigenvalue weighted by molar-refractivity contribution is 6.27. The maximum atomic E-state index is 10.4. The van der Waals surface area contributed by atoms with Gasteiger partial charge in [-0.15, -0.1) is 0 Å². The topological polar surface area (TPSA) is 184 Å². The van der Waals surface area contributed by atoms with E-state index in [-0.39, 0.29) is 17.2 Å². The average molecular weight is 534 g/mol. The van der Waals surface area contributed by atoms with Crippen LogP contribution in [0.2, 0.25) is 0 Å². The molecule has 0 radical (unpaired) electrons. The molecular formula is C29H27NO9. The Balaban J connectivity index is 0.000000250. The second-order valence-corrected chi connectivity index (χ2v) is 7.93. The SMILES string of the molecule is NC(CCOc1cccc2ccccc12)c1ccccc1.O=C(O)C(=O)O.O=C(O)c1cccc(C(=O)O)c1. The molecule has 6 N–H and O–H groups in total. The summed E-state index contributed by atoms with van der Waals surface area (Å²) in [6, 6.07) is 29.7. The molecule has 0 aromatic heterocycles. The zero-order chi connectivity index (χ0) is 28.8. The van der Waals surface area contributed by atoms with Gasteiger partial charge < -0.3 is 30.9 Å². The summed E-state index contributed by atoms with van der Waals surface area (Å²) in [5, 5.41) is 34.1. The van der Waals surface area contributed by atoms with Crippen molar-refractivity contribution < 1.29 is 44.3 Å². The number of hydrogen-bond donors (Lipinski definition) is 5. The molecule has 1 unspecified atom stereocenters. The molecule has 4 rings (SSSR count). The molecule has 0 saturated heterocycles. The number of carboxylic acid groups (broad SMARTS) is 4. The molecule has 0 aliphatic heterocycles. The van der Waals surface area contributed by atoms with Crippen LogP contribution < -0.4 is 10.5 Å². The molecule has 0 saturated carbocycles. The minimum Gasteiger partial charge on any atom is -0.493 e. The molecule has 0 aliphatic carbocycles. The van der Waals surface area contributed by atoms with Crippen molar-refractivity contribution in [2.24, 2.45) is 5.73 Å². The van der Waals surface area contributed by atoms with Crippen molar-refractivity contribution in [2.75, 3.05) is 6.61 Å². The minimum absolute atomic E-state index is 0.0150. The summed E-state index contributed by atoms with van der Waals surface area (Å²) >= 11 is 0. The van der Waals surface area contributed by atoms with Crippen molar-refractivity contribution in [3.05, 3.63) is 114 Å². The smallest absolute Gasteiger partial charge is 0.414 e. The molecule has 1 atom stereocenters. The van der Waals surface area contributed by atoms with E-state index < -0.39 is 23.9 Å². The number of benzene rings is 4. The molecule has 4 aromatic carbocycles. The summed E-state index contributed by atoms with van der Waals surface area (Å²) in [6.07, 6.45) is 0.799. The summed E-state index contributed by atoms with van der Waals surface area (Å²) in [5.41, 5.74) is 7.31. The maximum absolute atomic E-state index is 10.4. The van der Waals surface area contributed by atoms with Crippen molar-refractivity contribution in [1.82, 2.24) is 0 Å². The molecule has 4 aromatic rings. The van der Waals surface area contributed by atoms with Gasteiger partial charge >= 0.3 is 23.9 Å². The van der Waals surface area contributed by atoms with Gasteiger partial charge in [0.1, 0.15) is 5.75 Å². The molecule has 0 fully saturated rings. The van der Waals surface area contributed by atoms with Crippen LogP contribution >= 0.6 is 0 Å². The van der Waals surface area contributed by atoms with Gasteiger partial charge in [-0.25, -0.2) is 19.2 Å². The zero-order valence-corrected chi connectivity index (χ0v) is 20.6. The summed E-state index contributed by atoms with van der Waals surface area (Å²) in [6.45, 7) is 0.615. The van der Waals surface area contributed by atoms with E-state index in [1.54, 1.807) is 0 Å². The van der Waals surface area contributed by atoms with Gasteiger partial charge in [0.05, 0.1) is 17.7 Å². The third-order valence-corrected chi connectivity index (χ3v) is 5.20. The van der Waals surface area contributed by atoms with Gasteiger partial charge in [-0.05, 0) is 35.2 Å². The Bertz CT molecular complexity index is 1370. The van der Waals surface area contributed by atoms with Crippen molar-refractivity contribution in [2.45, 2.75) is 12.5 Å². The highest BCUT2D eigenvalue weighted by atomic mass is 16.5. The lowest BCUT2D eigenvalue weighted by Crippen LogP contribution is -2.14. The summed E-state index contributed by atoms with van der Waals surface area (Å²) in [7, 11) is 0. The fourth-order valence-corrected chi connectivity index (χ4v) is 3.27. The molecular weight excluding hydrogens is 506 g/mol. The Morgan fingerprint density at radius 1 is 0.667 bits per heavy atom. The predicted octanol–water partition coefficient (Wildman–Crippen LogP) is 4.55. The lowest BCUT2D eigenvalue weighted by molar-refractivity contribution is -0.159. The minimum atomic E-state index is -1.82. The molecule has 202 valence electrons. The van der Waals surface area contributed by atoms with Crippen LogP contribution in [0, 0.1) is 0 Å². The second kappa shape index (κ2) is 15.1. The maximum Gasteiger partial charge on any atom is 0.414 e. The average Bonchev–Trinajstić information content (AvgIpc) is 2.94. The first-order chi connectivity index (χ1) is 18.6. The molecule has 0 aliphatic rings. The Morgan fingerprint density at radius 2 is 1.18 bits per heavy atom. The normalized spacial score (nSPS) is 10.6. The van der Waals surface area contributed by atoms with Crippen LogP contribution in [0.3, 0.4) is 0 Å². The quantitative estimate of drug-likeness (QED) is 0.211. The van der Waals surface area contributed by atoms with Crippen molar-refractivity contribution in [3.8, 4) is 5.75 Å². The van der Waals surface area contributed by atoms with Crippen LogP contribution in [-0.4, -0.2) is 50.9 Å². The summed E-state index contributed by atoms with van der Waals surface area (Å²) < 4.78 is 5.93. The van der Waals surface area contributed by atoms with E-state index in [9.17, 15) is 9.59 Å². The number of aliphatic carboxylic acids is 2. The zero-order valence-electron chi connectivity index (χ0n) is 20.6. The molecule has 0 spiro atoms. The van der Waals surface area contributed by atoms with E-state index in [1.807, 2.05) is 42.5 Å². The van der Waals surface area contributed by atoms with E-state index in [0.717, 1.165) is 29.2 Å². The van der Waals surface area contributed by atoms with Gasteiger partial charge in [-0.2, -0.15) is 0 Å². The number of rotatable bonds is 7. The first-order valence-electron chi connectivity index (χ1n) is 11.5. The Labute approximate surface area is 223 Å². The van der Waals surface area contributed by atoms with Crippen LogP contribution in [0.1, 0.15) is 38.7 Å². The van der Waals surface area contributed by atoms with E-state index in [4.69, 9.17) is 40.5 Å². The highest BCUT2D eigenvalue weighted by Crippen LogP contribution is 2.25. The van der Waals surface area contributed by atoms with Crippen LogP contribution in [0.15, 0.2) is 97.1 Å². The Hall–Kier alpha value is -5.22. The molecule has 0 bridgehead atoms. The van der Waals surface area contributed by atoms with E-state index >= 15 is 0 Å². The van der Waals surface area contributed by atoms with Gasteiger partial charge in [0.2, 0.25) is 0 Å². The van der Waals surface area contributed by atoms with Gasteiger partial charge in [-0.3, -0.25) is 0 Å². The number of hydrogen-bond acceptors (Lipinski definition) is 6. The van der Waals surface area contributed by atoms with Gasteiger partial charge in [-0.1, -0.05) is 72.8 Å². The lowest BCUT2D eigenvalue weighted by Gasteiger charge is -2.14. The number of fused-ring (bicyclic) bond motifs is 1. The largest absolute Gasteiger partial charge is 0.493 e. The highest BCUT2D eigenvalue weighted by Gasteiger charge is 2.08. The van der Waals surface area contributed by atoms with E-state index in [2.05, 4.69) is 30.3 Å². The van der Waals surface area contributed by atoms with Crippen molar-refractivity contribution in [1.29, 1.82) is 0 Å². The number of carbonyl (C=O) groups is 4. The number of ether oxygens (including phenoxy) is 1. The van der Waals surface area contributed by atoms with Gasteiger partial charge in [0.25, 0.3) is 0 Å². The van der Waals surface area contributed by atoms with Crippen LogP contribution in [0.4, 0.5) is 0 Å². The van der Waals surface area contributed by atoms with Crippen molar-refractivity contribution in [3.63, 3.8) is 0 Å². The third kappa shape index (κ3) is 9.98. The van der Waals surface area contributed by atoms with Gasteiger partial charge in [0.15, 0.2) is 0 Å². The summed E-state index contributed by atoms with van der Waals surface area (Å²) in [4.78, 5) is 39.0. The molecule has 10 heteroatoms. The van der Waals surface area contributed by atoms with E-state index in [0.29, 0.717) is 6.61 Å². The van der Waals surface area contributed by atoms with Crippen LogP contribution in [-0.2, 0) is 9.59 Å². The first-order valence-corrected chi connectivity index (χ1v) is 11.5. The standard InChI is InChI=1S/C19H19NO.C8H6O4.C2H2O4/c20-18(16-8-2-1-3-9-16)13-14-21-19-12-6-10-15-7-4-5-11-17(15)19;9-7(10)5-2-1-3-6(4-5)8(11)12;3-1(4)2(5)6/h1-12,18H,13-14,20H2;1-4H,(H,9,10)(H,11,12);(H,3,4)(H,5,6). The molecule has 10 nitrogen and oxygen atoms in total. The molecule has 39 heavy (non-hydrogen) atoms. The molecule has 0 heterocycles. The number of aromatic carboxylic acids is 2. The second-order valence-electron chi connectivity index (χ2n) is 7.93. The Morgan fingerprint density at radius 3 is 1.74 bits per heavy atom. The summed E-state index contributed by atoms with van der Waals surface area (Å²) in [5.74, 6) is -4.98.